The second-order valence-electron chi connectivity index (χ2n) is 13.0. The topological polar surface area (TPSA) is 3.24 Å². The molecule has 0 bridgehead atoms. The molecule has 10 rings (SSSR count). The van der Waals surface area contributed by atoms with Crippen molar-refractivity contribution in [2.75, 3.05) is 4.90 Å². The van der Waals surface area contributed by atoms with E-state index in [4.69, 9.17) is 0 Å². The lowest BCUT2D eigenvalue weighted by Crippen LogP contribution is -2.10. The highest BCUT2D eigenvalue weighted by Crippen LogP contribution is 2.49. The van der Waals surface area contributed by atoms with Crippen LogP contribution >= 0.6 is 0 Å². The molecule has 0 radical (unpaired) electrons. The van der Waals surface area contributed by atoms with Gasteiger partial charge in [-0.3, -0.25) is 0 Å². The van der Waals surface area contributed by atoms with Crippen molar-refractivity contribution in [2.45, 2.75) is 0 Å². The van der Waals surface area contributed by atoms with Crippen LogP contribution in [0.5, 0.6) is 0 Å². The second kappa shape index (κ2) is 11.1. The summed E-state index contributed by atoms with van der Waals surface area (Å²) in [7, 11) is 0. The third-order valence-corrected chi connectivity index (χ3v) is 10.2. The van der Waals surface area contributed by atoms with Crippen LogP contribution in [-0.2, 0) is 0 Å². The minimum Gasteiger partial charge on any atom is -0.310 e. The fraction of sp³-hybridized carbons (Fsp3) is 0. The number of hydrogen-bond donors (Lipinski definition) is 0. The quantitative estimate of drug-likeness (QED) is 0.173. The Hall–Kier alpha value is -6.44. The van der Waals surface area contributed by atoms with Crippen molar-refractivity contribution in [3.63, 3.8) is 0 Å². The number of anilines is 3. The lowest BCUT2D eigenvalue weighted by Gasteiger charge is -2.27. The lowest BCUT2D eigenvalue weighted by molar-refractivity contribution is 1.28. The third kappa shape index (κ3) is 4.55. The first-order valence-electron chi connectivity index (χ1n) is 16.9. The van der Waals surface area contributed by atoms with Crippen LogP contribution in [0.1, 0.15) is 0 Å². The van der Waals surface area contributed by atoms with Crippen molar-refractivity contribution in [3.8, 4) is 44.5 Å². The molecule has 228 valence electrons. The van der Waals surface area contributed by atoms with E-state index in [9.17, 15) is 0 Å². The molecule has 0 amide bonds. The Balaban J connectivity index is 1.09. The number of benzene rings is 9. The fourth-order valence-electron chi connectivity index (χ4n) is 7.82. The predicted molar refractivity (Wildman–Crippen MR) is 209 cm³/mol. The van der Waals surface area contributed by atoms with Crippen molar-refractivity contribution in [1.82, 2.24) is 0 Å². The number of fused-ring (bicyclic) bond motifs is 6. The van der Waals surface area contributed by atoms with Crippen LogP contribution in [0, 0.1) is 0 Å². The maximum Gasteiger partial charge on any atom is 0.0468 e. The summed E-state index contributed by atoms with van der Waals surface area (Å²) in [6.07, 6.45) is 0. The largest absolute Gasteiger partial charge is 0.310 e. The van der Waals surface area contributed by atoms with Gasteiger partial charge in [-0.15, -0.1) is 0 Å². The summed E-state index contributed by atoms with van der Waals surface area (Å²) in [5.41, 5.74) is 13.4. The highest BCUT2D eigenvalue weighted by molar-refractivity contribution is 6.16. The van der Waals surface area contributed by atoms with Crippen LogP contribution in [0.15, 0.2) is 188 Å². The minimum absolute atomic E-state index is 1.12. The maximum atomic E-state index is 2.39. The molecule has 0 fully saturated rings. The number of nitrogens with zero attached hydrogens (tertiary/aromatic N) is 1. The van der Waals surface area contributed by atoms with Crippen molar-refractivity contribution in [1.29, 1.82) is 0 Å². The Morgan fingerprint density at radius 2 is 0.857 bits per heavy atom. The van der Waals surface area contributed by atoms with E-state index >= 15 is 0 Å². The summed E-state index contributed by atoms with van der Waals surface area (Å²) in [5, 5.41) is 7.76. The average Bonchev–Trinajstić information content (AvgIpc) is 3.50. The van der Waals surface area contributed by atoms with E-state index in [1.54, 1.807) is 0 Å². The zero-order chi connectivity index (χ0) is 32.3. The standard InChI is InChI=1S/C48H31N/c1-2-9-32(10-3-1)36-14-6-15-40(30-36)49(41-26-28-44-45-17-7-12-35-13-8-18-46(48(35)45)47(44)31-41)39-24-21-33(22-25-39)37-23-27-43-38(29-37)20-19-34-11-4-5-16-42(34)43/h1-31H. The van der Waals surface area contributed by atoms with E-state index in [0.29, 0.717) is 0 Å². The SMILES string of the molecule is c1ccc(-c2cccc(N(c3ccc(-c4ccc5c(ccc6ccccc65)c4)cc3)c3ccc4c(c3)-c3cccc5cccc-4c35)c2)cc1. The molecule has 9 aromatic carbocycles. The molecular weight excluding hydrogens is 591 g/mol. The van der Waals surface area contributed by atoms with Gasteiger partial charge in [0.2, 0.25) is 0 Å². The number of hydrogen-bond acceptors (Lipinski definition) is 1. The van der Waals surface area contributed by atoms with Gasteiger partial charge in [0.1, 0.15) is 0 Å². The van der Waals surface area contributed by atoms with Gasteiger partial charge in [0, 0.05) is 17.1 Å². The molecule has 0 spiro atoms. The Morgan fingerprint density at radius 3 is 1.71 bits per heavy atom. The molecule has 9 aromatic rings. The normalized spacial score (nSPS) is 11.7. The summed E-state index contributed by atoms with van der Waals surface area (Å²) >= 11 is 0. The van der Waals surface area contributed by atoms with Crippen molar-refractivity contribution >= 4 is 49.4 Å². The zero-order valence-electron chi connectivity index (χ0n) is 26.8. The molecule has 0 N–H and O–H groups in total. The summed E-state index contributed by atoms with van der Waals surface area (Å²) in [5.74, 6) is 0. The van der Waals surface area contributed by atoms with Crippen molar-refractivity contribution in [2.24, 2.45) is 0 Å². The van der Waals surface area contributed by atoms with E-state index in [0.717, 1.165) is 17.1 Å². The highest BCUT2D eigenvalue weighted by Gasteiger charge is 2.23. The van der Waals surface area contributed by atoms with Crippen LogP contribution in [0.3, 0.4) is 0 Å². The van der Waals surface area contributed by atoms with E-state index in [2.05, 4.69) is 193 Å². The number of rotatable bonds is 5. The monoisotopic (exact) mass is 621 g/mol. The molecule has 0 aromatic heterocycles. The molecule has 0 saturated carbocycles. The second-order valence-corrected chi connectivity index (χ2v) is 13.0. The van der Waals surface area contributed by atoms with Gasteiger partial charge in [-0.25, -0.2) is 0 Å². The summed E-state index contributed by atoms with van der Waals surface area (Å²) in [6, 6.07) is 68.8. The Kier molecular flexibility index (Phi) is 6.25. The van der Waals surface area contributed by atoms with Gasteiger partial charge in [-0.05, 0) is 119 Å². The van der Waals surface area contributed by atoms with Gasteiger partial charge in [-0.2, -0.15) is 0 Å². The van der Waals surface area contributed by atoms with Gasteiger partial charge in [0.15, 0.2) is 0 Å². The van der Waals surface area contributed by atoms with Crippen LogP contribution in [0.2, 0.25) is 0 Å². The van der Waals surface area contributed by atoms with Crippen LogP contribution in [0.4, 0.5) is 17.1 Å². The van der Waals surface area contributed by atoms with Gasteiger partial charge in [0.25, 0.3) is 0 Å². The summed E-state index contributed by atoms with van der Waals surface area (Å²) in [4.78, 5) is 2.39. The molecule has 49 heavy (non-hydrogen) atoms. The molecule has 1 heteroatoms. The molecule has 0 aliphatic heterocycles. The molecule has 0 unspecified atom stereocenters. The van der Waals surface area contributed by atoms with Gasteiger partial charge < -0.3 is 4.90 Å². The molecule has 0 heterocycles. The maximum absolute atomic E-state index is 2.39. The molecule has 1 aliphatic carbocycles. The molecule has 1 aliphatic rings. The Morgan fingerprint density at radius 1 is 0.265 bits per heavy atom. The molecular formula is C48H31N. The first-order chi connectivity index (χ1) is 24.3. The fourth-order valence-corrected chi connectivity index (χ4v) is 7.82. The van der Waals surface area contributed by atoms with E-state index in [1.807, 2.05) is 0 Å². The Labute approximate surface area is 286 Å². The lowest BCUT2D eigenvalue weighted by atomic mass is 9.97. The van der Waals surface area contributed by atoms with Crippen LogP contribution < -0.4 is 4.90 Å². The van der Waals surface area contributed by atoms with E-state index in [-0.39, 0.29) is 0 Å². The highest BCUT2D eigenvalue weighted by atomic mass is 15.1. The van der Waals surface area contributed by atoms with Crippen molar-refractivity contribution in [3.05, 3.63) is 188 Å². The van der Waals surface area contributed by atoms with Crippen LogP contribution in [-0.4, -0.2) is 0 Å². The molecule has 0 saturated heterocycles. The van der Waals surface area contributed by atoms with Gasteiger partial charge >= 0.3 is 0 Å². The Bertz CT molecular complexity index is 2700. The average molecular weight is 622 g/mol. The van der Waals surface area contributed by atoms with E-state index < -0.39 is 0 Å². The van der Waals surface area contributed by atoms with Crippen LogP contribution in [0.25, 0.3) is 76.8 Å². The third-order valence-electron chi connectivity index (χ3n) is 10.2. The molecule has 0 atom stereocenters. The summed E-state index contributed by atoms with van der Waals surface area (Å²) in [6.45, 7) is 0. The van der Waals surface area contributed by atoms with Gasteiger partial charge in [0.05, 0.1) is 0 Å². The van der Waals surface area contributed by atoms with E-state index in [1.165, 1.54) is 76.8 Å². The summed E-state index contributed by atoms with van der Waals surface area (Å²) < 4.78 is 0. The van der Waals surface area contributed by atoms with Crippen molar-refractivity contribution < 1.29 is 0 Å². The first kappa shape index (κ1) is 27.7. The molecule has 1 nitrogen and oxygen atoms in total. The smallest absolute Gasteiger partial charge is 0.0468 e. The predicted octanol–water partition coefficient (Wildman–Crippen LogP) is 13.6. The first-order valence-corrected chi connectivity index (χ1v) is 16.9. The van der Waals surface area contributed by atoms with Gasteiger partial charge in [-0.1, -0.05) is 146 Å². The zero-order valence-corrected chi connectivity index (χ0v) is 26.8. The minimum atomic E-state index is 1.12.